The van der Waals surface area contributed by atoms with Crippen LogP contribution in [0.2, 0.25) is 0 Å². The lowest BCUT2D eigenvalue weighted by atomic mass is 9.97. The molecule has 24 heavy (non-hydrogen) atoms. The zero-order valence-electron chi connectivity index (χ0n) is 12.2. The fourth-order valence-electron chi connectivity index (χ4n) is 2.60. The summed E-state index contributed by atoms with van der Waals surface area (Å²) >= 11 is 0. The summed E-state index contributed by atoms with van der Waals surface area (Å²) in [4.78, 5) is 0. The zero-order valence-corrected chi connectivity index (χ0v) is 12.2. The molecule has 2 fully saturated rings. The average molecular weight is 360 g/mol. The van der Waals surface area contributed by atoms with Crippen LogP contribution in [0, 0.1) is 0 Å². The largest absolute Gasteiger partial charge is 0.394 e. The van der Waals surface area contributed by atoms with Crippen LogP contribution in [0.25, 0.3) is 0 Å². The van der Waals surface area contributed by atoms with Gasteiger partial charge in [-0.05, 0) is 0 Å². The van der Waals surface area contributed by atoms with Gasteiger partial charge in [0.15, 0.2) is 12.6 Å². The van der Waals surface area contributed by atoms with Gasteiger partial charge in [-0.15, -0.1) is 0 Å². The third-order valence-corrected chi connectivity index (χ3v) is 4.01. The van der Waals surface area contributed by atoms with Gasteiger partial charge in [-0.1, -0.05) is 0 Å². The molecule has 2 aliphatic heterocycles. The Hall–Kier alpha value is -0.510. The van der Waals surface area contributed by atoms with Crippen LogP contribution in [0.1, 0.15) is 0 Å². The molecule has 0 amide bonds. The Bertz CT molecular complexity index is 410. The molecule has 0 radical (unpaired) electrons. The number of alkyl halides is 1. The summed E-state index contributed by atoms with van der Waals surface area (Å²) in [7, 11) is 0. The average Bonchev–Trinajstić information content (AvgIpc) is 2.54. The molecule has 11 nitrogen and oxygen atoms in total. The van der Waals surface area contributed by atoms with Gasteiger partial charge in [-0.2, -0.15) is 0 Å². The molecule has 0 bridgehead atoms. The van der Waals surface area contributed by atoms with E-state index in [0.717, 1.165) is 0 Å². The van der Waals surface area contributed by atoms with Crippen molar-refractivity contribution in [2.24, 2.45) is 0 Å². The minimum absolute atomic E-state index is 0.755. The van der Waals surface area contributed by atoms with Crippen molar-refractivity contribution in [2.45, 2.75) is 67.8 Å². The first-order valence-corrected chi connectivity index (χ1v) is 7.16. The van der Waals surface area contributed by atoms with Crippen LogP contribution >= 0.6 is 0 Å². The van der Waals surface area contributed by atoms with Crippen LogP contribution < -0.4 is 0 Å². The molecule has 0 saturated carbocycles. The van der Waals surface area contributed by atoms with Gasteiger partial charge in [0.2, 0.25) is 6.36 Å². The molecule has 8 N–H and O–H groups in total. The third kappa shape index (κ3) is 3.68. The molecule has 0 aromatic carbocycles. The number of hydrogen-bond donors (Lipinski definition) is 8. The van der Waals surface area contributed by atoms with E-state index in [0.29, 0.717) is 0 Å². The smallest absolute Gasteiger partial charge is 0.225 e. The maximum atomic E-state index is 13.1. The molecular formula is C12H21FO11. The molecule has 0 aromatic heterocycles. The number of aliphatic hydroxyl groups is 8. The van der Waals surface area contributed by atoms with E-state index in [1.54, 1.807) is 0 Å². The normalized spacial score (nSPS) is 51.4. The van der Waals surface area contributed by atoms with E-state index in [9.17, 15) is 40.1 Å². The monoisotopic (exact) mass is 360 g/mol. The maximum Gasteiger partial charge on any atom is 0.225 e. The first-order chi connectivity index (χ1) is 11.2. The van der Waals surface area contributed by atoms with E-state index in [-0.39, 0.29) is 0 Å². The molecule has 2 aliphatic rings. The van der Waals surface area contributed by atoms with Crippen LogP contribution in [0.15, 0.2) is 0 Å². The van der Waals surface area contributed by atoms with Gasteiger partial charge in [0.25, 0.3) is 0 Å². The highest BCUT2D eigenvalue weighted by Gasteiger charge is 2.51. The second-order valence-corrected chi connectivity index (χ2v) is 5.64. The van der Waals surface area contributed by atoms with Crippen molar-refractivity contribution in [1.82, 2.24) is 0 Å². The van der Waals surface area contributed by atoms with Crippen molar-refractivity contribution < 1.29 is 59.5 Å². The Kier molecular flexibility index (Phi) is 6.44. The standard InChI is InChI=1S/C12H21FO11/c13-10(20)9-4(16)3(15)7(19)12(24-9)23-8-2(1-14)22-11(21)6(18)5(8)17/h2-12,14-21H,1H2/t2-,3+,4-,5-,6-,7-,8-,9+,10?,11+,12-/m1/s1. The Labute approximate surface area is 135 Å². The minimum Gasteiger partial charge on any atom is -0.394 e. The third-order valence-electron chi connectivity index (χ3n) is 4.01. The second-order valence-electron chi connectivity index (χ2n) is 5.64. The summed E-state index contributed by atoms with van der Waals surface area (Å²) < 4.78 is 27.9. The first-order valence-electron chi connectivity index (χ1n) is 7.16. The van der Waals surface area contributed by atoms with Gasteiger partial charge >= 0.3 is 0 Å². The van der Waals surface area contributed by atoms with Crippen LogP contribution in [0.5, 0.6) is 0 Å². The van der Waals surface area contributed by atoms with Crippen LogP contribution in [0.3, 0.4) is 0 Å². The Balaban J connectivity index is 2.14. The highest BCUT2D eigenvalue weighted by molar-refractivity contribution is 4.94. The number of rotatable bonds is 4. The summed E-state index contributed by atoms with van der Waals surface area (Å²) in [5.74, 6) is 0. The van der Waals surface area contributed by atoms with Gasteiger partial charge in [0.1, 0.15) is 48.8 Å². The van der Waals surface area contributed by atoms with Crippen molar-refractivity contribution in [1.29, 1.82) is 0 Å². The summed E-state index contributed by atoms with van der Waals surface area (Å²) in [6.07, 6.45) is -20.5. The molecule has 2 rings (SSSR count). The summed E-state index contributed by atoms with van der Waals surface area (Å²) in [5, 5.41) is 76.1. The Morgan fingerprint density at radius 1 is 0.875 bits per heavy atom. The maximum absolute atomic E-state index is 13.1. The van der Waals surface area contributed by atoms with E-state index in [1.807, 2.05) is 0 Å². The number of aliphatic hydroxyl groups excluding tert-OH is 8. The van der Waals surface area contributed by atoms with Gasteiger partial charge in [-0.3, -0.25) is 0 Å². The van der Waals surface area contributed by atoms with Gasteiger partial charge in [0, 0.05) is 0 Å². The Morgan fingerprint density at radius 2 is 1.50 bits per heavy atom. The van der Waals surface area contributed by atoms with Gasteiger partial charge < -0.3 is 55.1 Å². The summed E-state index contributed by atoms with van der Waals surface area (Å²) in [6.45, 7) is -0.755. The number of ether oxygens (including phenoxy) is 3. The molecule has 0 aliphatic carbocycles. The molecule has 12 heteroatoms. The molecule has 1 unspecified atom stereocenters. The van der Waals surface area contributed by atoms with Crippen molar-refractivity contribution in [3.8, 4) is 0 Å². The van der Waals surface area contributed by atoms with Crippen LogP contribution in [0.4, 0.5) is 4.39 Å². The molecule has 2 heterocycles. The summed E-state index contributed by atoms with van der Waals surface area (Å²) in [6, 6.07) is 0. The number of hydrogen-bond acceptors (Lipinski definition) is 11. The second kappa shape index (κ2) is 7.80. The van der Waals surface area contributed by atoms with Crippen molar-refractivity contribution in [3.05, 3.63) is 0 Å². The SMILES string of the molecule is OC[C@H]1O[C@H](O)[C@H](O)[C@@H](O)[C@@H]1O[C@@H]1O[C@H](C(O)F)[C@H](O)[C@H](O)[C@H]1O. The predicted octanol–water partition coefficient (Wildman–Crippen LogP) is -5.10. The fourth-order valence-corrected chi connectivity index (χ4v) is 2.60. The van der Waals surface area contributed by atoms with Crippen molar-refractivity contribution in [3.63, 3.8) is 0 Å². The molecule has 11 atom stereocenters. The quantitative estimate of drug-likeness (QED) is 0.239. The minimum atomic E-state index is -2.71. The van der Waals surface area contributed by atoms with E-state index in [1.165, 1.54) is 0 Å². The Morgan fingerprint density at radius 3 is 2.04 bits per heavy atom. The van der Waals surface area contributed by atoms with Crippen molar-refractivity contribution >= 4 is 0 Å². The first kappa shape index (κ1) is 19.8. The zero-order chi connectivity index (χ0) is 18.2. The highest BCUT2D eigenvalue weighted by atomic mass is 19.1. The van der Waals surface area contributed by atoms with Gasteiger partial charge in [0.05, 0.1) is 6.61 Å². The van der Waals surface area contributed by atoms with E-state index in [2.05, 4.69) is 0 Å². The molecular weight excluding hydrogens is 339 g/mol. The predicted molar refractivity (Wildman–Crippen MR) is 68.6 cm³/mol. The number of halogens is 1. The van der Waals surface area contributed by atoms with E-state index < -0.39 is 74.4 Å². The van der Waals surface area contributed by atoms with Gasteiger partial charge in [-0.25, -0.2) is 4.39 Å². The molecule has 142 valence electrons. The highest BCUT2D eigenvalue weighted by Crippen LogP contribution is 2.29. The van der Waals surface area contributed by atoms with Crippen LogP contribution in [-0.2, 0) is 14.2 Å². The van der Waals surface area contributed by atoms with E-state index >= 15 is 0 Å². The molecule has 0 spiro atoms. The van der Waals surface area contributed by atoms with Crippen LogP contribution in [-0.4, -0.2) is 115 Å². The van der Waals surface area contributed by atoms with E-state index in [4.69, 9.17) is 19.3 Å². The lowest BCUT2D eigenvalue weighted by Gasteiger charge is -2.45. The van der Waals surface area contributed by atoms with Crippen molar-refractivity contribution in [2.75, 3.05) is 6.61 Å². The lowest BCUT2D eigenvalue weighted by Crippen LogP contribution is -2.65. The summed E-state index contributed by atoms with van der Waals surface area (Å²) in [5.41, 5.74) is 0. The fraction of sp³-hybridized carbons (Fsp3) is 1.00. The molecule has 2 saturated heterocycles. The lowest BCUT2D eigenvalue weighted by molar-refractivity contribution is -0.363. The molecule has 0 aromatic rings. The topological polar surface area (TPSA) is 190 Å².